The van der Waals surface area contributed by atoms with Crippen LogP contribution in [0.1, 0.15) is 19.4 Å². The molecule has 0 aliphatic heterocycles. The second-order valence-electron chi connectivity index (χ2n) is 4.74. The Morgan fingerprint density at radius 3 is 2.55 bits per heavy atom. The summed E-state index contributed by atoms with van der Waals surface area (Å²) in [5.41, 5.74) is 6.94. The molecule has 0 radical (unpaired) electrons. The van der Waals surface area contributed by atoms with E-state index in [2.05, 4.69) is 0 Å². The molecule has 1 rings (SSSR count). The van der Waals surface area contributed by atoms with Crippen molar-refractivity contribution in [3.63, 3.8) is 0 Å². The molecule has 0 bridgehead atoms. The van der Waals surface area contributed by atoms with Crippen LogP contribution >= 0.6 is 0 Å². The Hall–Kier alpha value is -1.39. The van der Waals surface area contributed by atoms with Crippen molar-refractivity contribution in [2.24, 2.45) is 11.7 Å². The van der Waals surface area contributed by atoms with Crippen molar-refractivity contribution >= 4 is 5.91 Å². The third-order valence-corrected chi connectivity index (χ3v) is 3.36. The van der Waals surface area contributed by atoms with E-state index in [1.807, 2.05) is 49.1 Å². The summed E-state index contributed by atoms with van der Waals surface area (Å²) in [5.74, 6) is -0.0301. The van der Waals surface area contributed by atoms with Crippen LogP contribution in [0.25, 0.3) is 0 Å². The van der Waals surface area contributed by atoms with Gasteiger partial charge in [-0.3, -0.25) is 4.79 Å². The molecule has 0 saturated heterocycles. The summed E-state index contributed by atoms with van der Waals surface area (Å²) in [6.45, 7) is 6.90. The summed E-state index contributed by atoms with van der Waals surface area (Å²) in [6, 6.07) is 10.0. The fourth-order valence-electron chi connectivity index (χ4n) is 2.17. The number of amides is 1. The Morgan fingerprint density at radius 1 is 1.30 bits per heavy atom. The normalized spacial score (nSPS) is 12.2. The van der Waals surface area contributed by atoms with E-state index in [4.69, 9.17) is 10.5 Å². The number of hydrogen-bond acceptors (Lipinski definition) is 3. The lowest BCUT2D eigenvalue weighted by Crippen LogP contribution is -2.41. The van der Waals surface area contributed by atoms with Crippen LogP contribution in [0.4, 0.5) is 0 Å². The molecule has 0 aliphatic rings. The number of rotatable bonds is 9. The van der Waals surface area contributed by atoms with Crippen molar-refractivity contribution in [3.05, 3.63) is 35.9 Å². The molecule has 2 N–H and O–H groups in total. The molecule has 0 saturated carbocycles. The van der Waals surface area contributed by atoms with Gasteiger partial charge in [0.05, 0.1) is 12.5 Å². The van der Waals surface area contributed by atoms with Crippen molar-refractivity contribution in [1.82, 2.24) is 4.90 Å². The first-order chi connectivity index (χ1) is 9.72. The fraction of sp³-hybridized carbons (Fsp3) is 0.562. The van der Waals surface area contributed by atoms with E-state index in [0.29, 0.717) is 39.3 Å². The van der Waals surface area contributed by atoms with E-state index < -0.39 is 0 Å². The molecule has 0 heterocycles. The van der Waals surface area contributed by atoms with Crippen LogP contribution in [-0.4, -0.2) is 43.7 Å². The fourth-order valence-corrected chi connectivity index (χ4v) is 2.17. The molecule has 112 valence electrons. The smallest absolute Gasteiger partial charge is 0.227 e. The van der Waals surface area contributed by atoms with Crippen molar-refractivity contribution in [2.75, 3.05) is 32.8 Å². The van der Waals surface area contributed by atoms with E-state index in [0.717, 1.165) is 5.56 Å². The second kappa shape index (κ2) is 9.50. The molecule has 1 atom stereocenters. The molecule has 1 aromatic carbocycles. The number of likely N-dealkylation sites (N-methyl/N-ethyl adjacent to an activating group) is 1. The van der Waals surface area contributed by atoms with Gasteiger partial charge < -0.3 is 15.4 Å². The Morgan fingerprint density at radius 2 is 2.00 bits per heavy atom. The highest BCUT2D eigenvalue weighted by Crippen LogP contribution is 2.11. The van der Waals surface area contributed by atoms with Gasteiger partial charge in [0.1, 0.15) is 0 Å². The number of nitrogens with two attached hydrogens (primary N) is 1. The highest BCUT2D eigenvalue weighted by atomic mass is 16.5. The molecule has 1 amide bonds. The number of nitrogens with zero attached hydrogens (tertiary/aromatic N) is 1. The predicted octanol–water partition coefficient (Wildman–Crippen LogP) is 1.69. The Bertz CT molecular complexity index is 381. The zero-order valence-electron chi connectivity index (χ0n) is 12.5. The van der Waals surface area contributed by atoms with E-state index in [-0.39, 0.29) is 11.8 Å². The number of ether oxygens (including phenoxy) is 1. The summed E-state index contributed by atoms with van der Waals surface area (Å²) in [6.07, 6.45) is 0.696. The lowest BCUT2D eigenvalue weighted by molar-refractivity contribution is -0.135. The molecule has 4 heteroatoms. The molecule has 0 fully saturated rings. The predicted molar refractivity (Wildman–Crippen MR) is 81.4 cm³/mol. The Balaban J connectivity index is 2.60. The van der Waals surface area contributed by atoms with E-state index in [1.165, 1.54) is 0 Å². The third-order valence-electron chi connectivity index (χ3n) is 3.36. The Labute approximate surface area is 121 Å². The van der Waals surface area contributed by atoms with Crippen molar-refractivity contribution in [1.29, 1.82) is 0 Å². The molecule has 1 aromatic rings. The lowest BCUT2D eigenvalue weighted by atomic mass is 9.98. The van der Waals surface area contributed by atoms with Crippen LogP contribution in [0, 0.1) is 5.92 Å². The van der Waals surface area contributed by atoms with Crippen LogP contribution in [0.15, 0.2) is 30.3 Å². The van der Waals surface area contributed by atoms with Gasteiger partial charge in [-0.1, -0.05) is 30.3 Å². The summed E-state index contributed by atoms with van der Waals surface area (Å²) in [7, 11) is 0. The second-order valence-corrected chi connectivity index (χ2v) is 4.74. The van der Waals surface area contributed by atoms with Crippen LogP contribution in [0.3, 0.4) is 0 Å². The molecule has 20 heavy (non-hydrogen) atoms. The molecule has 1 unspecified atom stereocenters. The van der Waals surface area contributed by atoms with Gasteiger partial charge in [-0.05, 0) is 25.8 Å². The van der Waals surface area contributed by atoms with Crippen molar-refractivity contribution in [2.45, 2.75) is 20.3 Å². The van der Waals surface area contributed by atoms with Gasteiger partial charge in [0.15, 0.2) is 0 Å². The van der Waals surface area contributed by atoms with E-state index >= 15 is 0 Å². The summed E-state index contributed by atoms with van der Waals surface area (Å²) >= 11 is 0. The van der Waals surface area contributed by atoms with Crippen LogP contribution < -0.4 is 5.73 Å². The van der Waals surface area contributed by atoms with Crippen molar-refractivity contribution in [3.8, 4) is 0 Å². The van der Waals surface area contributed by atoms with Gasteiger partial charge in [-0.25, -0.2) is 0 Å². The summed E-state index contributed by atoms with van der Waals surface area (Å²) in [5, 5.41) is 0. The van der Waals surface area contributed by atoms with Gasteiger partial charge >= 0.3 is 0 Å². The maximum absolute atomic E-state index is 12.5. The summed E-state index contributed by atoms with van der Waals surface area (Å²) in [4.78, 5) is 14.3. The minimum Gasteiger partial charge on any atom is -0.380 e. The van der Waals surface area contributed by atoms with Gasteiger partial charge in [-0.15, -0.1) is 0 Å². The molecular weight excluding hydrogens is 252 g/mol. The number of carbonyl (C=O) groups is 1. The third kappa shape index (κ3) is 5.31. The maximum atomic E-state index is 12.5. The quantitative estimate of drug-likeness (QED) is 0.699. The van der Waals surface area contributed by atoms with E-state index in [1.54, 1.807) is 0 Å². The van der Waals surface area contributed by atoms with Crippen LogP contribution in [-0.2, 0) is 16.0 Å². The summed E-state index contributed by atoms with van der Waals surface area (Å²) < 4.78 is 5.32. The molecule has 0 aromatic heterocycles. The van der Waals surface area contributed by atoms with Gasteiger partial charge in [0.2, 0.25) is 5.91 Å². The molecule has 4 nitrogen and oxygen atoms in total. The molecule has 0 aliphatic carbocycles. The largest absolute Gasteiger partial charge is 0.380 e. The highest BCUT2D eigenvalue weighted by molar-refractivity contribution is 5.79. The molecule has 0 spiro atoms. The van der Waals surface area contributed by atoms with Gasteiger partial charge in [0.25, 0.3) is 0 Å². The zero-order valence-corrected chi connectivity index (χ0v) is 12.5. The number of benzene rings is 1. The van der Waals surface area contributed by atoms with Crippen molar-refractivity contribution < 1.29 is 9.53 Å². The lowest BCUT2D eigenvalue weighted by Gasteiger charge is -2.25. The van der Waals surface area contributed by atoms with Crippen LogP contribution in [0.2, 0.25) is 0 Å². The minimum atomic E-state index is -0.154. The average Bonchev–Trinajstić information content (AvgIpc) is 2.49. The zero-order chi connectivity index (χ0) is 14.8. The SMILES string of the molecule is CCOCCN(CC)C(=O)C(CN)Cc1ccccc1. The number of hydrogen-bond donors (Lipinski definition) is 1. The molecular formula is C16H26N2O2. The Kier molecular flexibility index (Phi) is 7.92. The van der Waals surface area contributed by atoms with Crippen LogP contribution in [0.5, 0.6) is 0 Å². The first kappa shape index (κ1) is 16.7. The highest BCUT2D eigenvalue weighted by Gasteiger charge is 2.22. The first-order valence-electron chi connectivity index (χ1n) is 7.33. The standard InChI is InChI=1S/C16H26N2O2/c1-3-18(10-11-20-4-2)16(19)15(13-17)12-14-8-6-5-7-9-14/h5-9,15H,3-4,10-13,17H2,1-2H3. The maximum Gasteiger partial charge on any atom is 0.227 e. The van der Waals surface area contributed by atoms with E-state index in [9.17, 15) is 4.79 Å². The van der Waals surface area contributed by atoms with Gasteiger partial charge in [0, 0.05) is 26.2 Å². The topological polar surface area (TPSA) is 55.6 Å². The average molecular weight is 278 g/mol. The minimum absolute atomic E-state index is 0.124. The number of carbonyl (C=O) groups excluding carboxylic acids is 1. The first-order valence-corrected chi connectivity index (χ1v) is 7.33. The monoisotopic (exact) mass is 278 g/mol. The van der Waals surface area contributed by atoms with Gasteiger partial charge in [-0.2, -0.15) is 0 Å².